The summed E-state index contributed by atoms with van der Waals surface area (Å²) in [4.78, 5) is 23.7. The van der Waals surface area contributed by atoms with Crippen molar-refractivity contribution in [1.29, 1.82) is 0 Å². The maximum Gasteiger partial charge on any atom is 0.341 e. The molecule has 0 amide bonds. The molecule has 3 rings (SSSR count). The van der Waals surface area contributed by atoms with Crippen LogP contribution in [0.25, 0.3) is 0 Å². The number of sulfonamides is 1. The first kappa shape index (κ1) is 22.0. The van der Waals surface area contributed by atoms with Gasteiger partial charge in [0, 0.05) is 13.1 Å². The monoisotopic (exact) mass is 439 g/mol. The number of hydrogen-bond acceptors (Lipinski definition) is 7. The van der Waals surface area contributed by atoms with E-state index in [0.29, 0.717) is 25.9 Å². The minimum absolute atomic E-state index is 0.0880. The molecular formula is C20H22FNO7S. The number of hydrogen-bond donors (Lipinski definition) is 0. The normalized spacial score (nSPS) is 15.0. The number of ether oxygens (including phenoxy) is 2. The van der Waals surface area contributed by atoms with Crippen LogP contribution < -0.4 is 0 Å². The quantitative estimate of drug-likeness (QED) is 0.611. The summed E-state index contributed by atoms with van der Waals surface area (Å²) in [6, 6.07) is 4.42. The number of piperidine rings is 1. The predicted octanol–water partition coefficient (Wildman–Crippen LogP) is 3.13. The molecule has 162 valence electrons. The van der Waals surface area contributed by atoms with Gasteiger partial charge in [0.15, 0.2) is 12.4 Å². The van der Waals surface area contributed by atoms with Gasteiger partial charge >= 0.3 is 11.9 Å². The summed E-state index contributed by atoms with van der Waals surface area (Å²) in [6.45, 7) is 2.08. The van der Waals surface area contributed by atoms with E-state index in [4.69, 9.17) is 13.9 Å². The highest BCUT2D eigenvalue weighted by Gasteiger charge is 2.29. The lowest BCUT2D eigenvalue weighted by Gasteiger charge is -2.26. The van der Waals surface area contributed by atoms with Crippen LogP contribution >= 0.6 is 0 Å². The number of benzene rings is 1. The van der Waals surface area contributed by atoms with Crippen LogP contribution in [0.4, 0.5) is 4.39 Å². The highest BCUT2D eigenvalue weighted by atomic mass is 32.2. The van der Waals surface area contributed by atoms with E-state index < -0.39 is 32.7 Å². The van der Waals surface area contributed by atoms with Crippen LogP contribution in [0.1, 0.15) is 52.7 Å². The zero-order valence-electron chi connectivity index (χ0n) is 16.4. The van der Waals surface area contributed by atoms with Crippen molar-refractivity contribution >= 4 is 22.0 Å². The van der Waals surface area contributed by atoms with Crippen LogP contribution in [0.5, 0.6) is 0 Å². The lowest BCUT2D eigenvalue weighted by molar-refractivity contribution is 0.0422. The number of carbonyl (C=O) groups excluding carboxylic acids is 2. The fourth-order valence-electron chi connectivity index (χ4n) is 3.13. The summed E-state index contributed by atoms with van der Waals surface area (Å²) in [7, 11) is -4.06. The molecule has 2 aromatic rings. The smallest absolute Gasteiger partial charge is 0.341 e. The van der Waals surface area contributed by atoms with Gasteiger partial charge in [0.05, 0.1) is 18.4 Å². The summed E-state index contributed by atoms with van der Waals surface area (Å²) in [5, 5.41) is 0. The molecule has 0 aliphatic carbocycles. The SMILES string of the molecule is CCOC(=O)c1ccoc1COC(=O)c1ccc(F)c(S(=O)(=O)N2CCCCC2)c1. The molecule has 1 aliphatic heterocycles. The van der Waals surface area contributed by atoms with E-state index in [9.17, 15) is 22.4 Å². The highest BCUT2D eigenvalue weighted by molar-refractivity contribution is 7.89. The highest BCUT2D eigenvalue weighted by Crippen LogP contribution is 2.24. The molecular weight excluding hydrogens is 417 g/mol. The third-order valence-electron chi connectivity index (χ3n) is 4.67. The van der Waals surface area contributed by atoms with Crippen molar-refractivity contribution in [2.45, 2.75) is 37.7 Å². The average molecular weight is 439 g/mol. The number of rotatable bonds is 7. The lowest BCUT2D eigenvalue weighted by atomic mass is 10.2. The van der Waals surface area contributed by atoms with Crippen molar-refractivity contribution in [3.63, 3.8) is 0 Å². The molecule has 0 spiro atoms. The first-order valence-corrected chi connectivity index (χ1v) is 11.0. The van der Waals surface area contributed by atoms with Crippen LogP contribution in [0.15, 0.2) is 39.8 Å². The van der Waals surface area contributed by atoms with E-state index in [2.05, 4.69) is 0 Å². The zero-order chi connectivity index (χ0) is 21.7. The maximum absolute atomic E-state index is 14.3. The third-order valence-corrected chi connectivity index (χ3v) is 6.59. The Balaban J connectivity index is 1.76. The molecule has 0 atom stereocenters. The van der Waals surface area contributed by atoms with Gasteiger partial charge in [0.2, 0.25) is 10.0 Å². The molecule has 2 heterocycles. The Morgan fingerprint density at radius 1 is 1.10 bits per heavy atom. The van der Waals surface area contributed by atoms with Crippen molar-refractivity contribution in [2.75, 3.05) is 19.7 Å². The Morgan fingerprint density at radius 2 is 1.83 bits per heavy atom. The second-order valence-electron chi connectivity index (χ2n) is 6.66. The molecule has 0 unspecified atom stereocenters. The molecule has 0 bridgehead atoms. The summed E-state index contributed by atoms with van der Waals surface area (Å²) < 4.78 is 56.2. The van der Waals surface area contributed by atoms with E-state index in [1.165, 1.54) is 16.6 Å². The molecule has 1 aromatic carbocycles. The first-order chi connectivity index (χ1) is 14.3. The fraction of sp³-hybridized carbons (Fsp3) is 0.400. The molecule has 1 fully saturated rings. The summed E-state index contributed by atoms with van der Waals surface area (Å²) in [5.41, 5.74) is -0.00616. The molecule has 1 aliphatic rings. The lowest BCUT2D eigenvalue weighted by Crippen LogP contribution is -2.36. The molecule has 30 heavy (non-hydrogen) atoms. The second kappa shape index (κ2) is 9.40. The number of esters is 2. The Bertz CT molecular complexity index is 1030. The van der Waals surface area contributed by atoms with E-state index in [0.717, 1.165) is 24.6 Å². The van der Waals surface area contributed by atoms with Gasteiger partial charge in [-0.3, -0.25) is 0 Å². The van der Waals surface area contributed by atoms with Gasteiger partial charge < -0.3 is 13.9 Å². The average Bonchev–Trinajstić information content (AvgIpc) is 3.22. The molecule has 0 saturated carbocycles. The van der Waals surface area contributed by atoms with Crippen LogP contribution in [0, 0.1) is 5.82 Å². The Kier molecular flexibility index (Phi) is 6.88. The van der Waals surface area contributed by atoms with E-state index in [1.54, 1.807) is 6.92 Å². The van der Waals surface area contributed by atoms with Crippen molar-refractivity contribution in [1.82, 2.24) is 4.31 Å². The molecule has 0 radical (unpaired) electrons. The molecule has 8 nitrogen and oxygen atoms in total. The topological polar surface area (TPSA) is 103 Å². The predicted molar refractivity (Wildman–Crippen MR) is 103 cm³/mol. The standard InChI is InChI=1S/C20H22FNO7S/c1-2-27-20(24)15-8-11-28-17(15)13-29-19(23)14-6-7-16(21)18(12-14)30(25,26)22-9-4-3-5-10-22/h6-8,11-12H,2-5,9-10,13H2,1H3. The summed E-state index contributed by atoms with van der Waals surface area (Å²) in [5.74, 6) is -2.34. The Hall–Kier alpha value is -2.72. The largest absolute Gasteiger partial charge is 0.465 e. The molecule has 10 heteroatoms. The van der Waals surface area contributed by atoms with Gasteiger partial charge in [-0.05, 0) is 44.0 Å². The Labute approximate surface area is 173 Å². The van der Waals surface area contributed by atoms with Gasteiger partial charge in [-0.15, -0.1) is 0 Å². The number of nitrogens with zero attached hydrogens (tertiary/aromatic N) is 1. The van der Waals surface area contributed by atoms with Gasteiger partial charge in [0.1, 0.15) is 16.3 Å². The summed E-state index contributed by atoms with van der Waals surface area (Å²) >= 11 is 0. The number of carbonyl (C=O) groups is 2. The fourth-order valence-corrected chi connectivity index (χ4v) is 4.74. The van der Waals surface area contributed by atoms with Crippen LogP contribution in [-0.2, 0) is 26.1 Å². The Morgan fingerprint density at radius 3 is 2.53 bits per heavy atom. The van der Waals surface area contributed by atoms with E-state index in [1.807, 2.05) is 0 Å². The zero-order valence-corrected chi connectivity index (χ0v) is 17.2. The molecule has 0 N–H and O–H groups in total. The number of halogens is 1. The van der Waals surface area contributed by atoms with Gasteiger partial charge in [-0.2, -0.15) is 4.31 Å². The van der Waals surface area contributed by atoms with Crippen molar-refractivity contribution in [3.05, 3.63) is 53.2 Å². The minimum atomic E-state index is -4.06. The van der Waals surface area contributed by atoms with E-state index >= 15 is 0 Å². The second-order valence-corrected chi connectivity index (χ2v) is 8.57. The summed E-state index contributed by atoms with van der Waals surface area (Å²) in [6.07, 6.45) is 3.58. The van der Waals surface area contributed by atoms with Crippen LogP contribution in [-0.4, -0.2) is 44.4 Å². The van der Waals surface area contributed by atoms with Gasteiger partial charge in [0.25, 0.3) is 0 Å². The number of furan rings is 1. The molecule has 1 aromatic heterocycles. The van der Waals surface area contributed by atoms with Crippen molar-refractivity contribution < 1.29 is 36.3 Å². The van der Waals surface area contributed by atoms with Crippen LogP contribution in [0.3, 0.4) is 0 Å². The third kappa shape index (κ3) is 4.71. The molecule has 1 saturated heterocycles. The van der Waals surface area contributed by atoms with Crippen molar-refractivity contribution in [3.8, 4) is 0 Å². The van der Waals surface area contributed by atoms with Gasteiger partial charge in [-0.1, -0.05) is 6.42 Å². The van der Waals surface area contributed by atoms with Gasteiger partial charge in [-0.25, -0.2) is 22.4 Å². The van der Waals surface area contributed by atoms with Crippen molar-refractivity contribution in [2.24, 2.45) is 0 Å². The van der Waals surface area contributed by atoms with E-state index in [-0.39, 0.29) is 30.1 Å². The first-order valence-electron chi connectivity index (χ1n) is 9.55. The van der Waals surface area contributed by atoms with Crippen LogP contribution in [0.2, 0.25) is 0 Å². The minimum Gasteiger partial charge on any atom is -0.465 e. The maximum atomic E-state index is 14.3.